The van der Waals surface area contributed by atoms with Crippen LogP contribution in [-0.4, -0.2) is 26.9 Å². The summed E-state index contributed by atoms with van der Waals surface area (Å²) in [5, 5.41) is 2.69. The third-order valence-corrected chi connectivity index (χ3v) is 6.73. The molecular formula is C24H23ClN2O5S. The van der Waals surface area contributed by atoms with E-state index in [4.69, 9.17) is 16.3 Å². The standard InChI is InChI=1S/C24H23ClN2O5S/c1-4-32-24(29)19-6-5-7-21(16(19)3)26-23(28)17-10-13-20(25)22(14-17)33(30,31)27-18-11-8-15(2)9-12-18/h5-14,27H,4H2,1-3H3,(H,26,28). The first-order chi connectivity index (χ1) is 15.6. The fraction of sp³-hybridized carbons (Fsp3) is 0.167. The number of amides is 1. The number of sulfonamides is 1. The van der Waals surface area contributed by atoms with Crippen LogP contribution >= 0.6 is 11.6 Å². The van der Waals surface area contributed by atoms with Crippen LogP contribution in [0.15, 0.2) is 65.6 Å². The van der Waals surface area contributed by atoms with Gasteiger partial charge in [0.2, 0.25) is 0 Å². The van der Waals surface area contributed by atoms with E-state index in [1.807, 2.05) is 6.92 Å². The van der Waals surface area contributed by atoms with Gasteiger partial charge in [-0.2, -0.15) is 0 Å². The van der Waals surface area contributed by atoms with Gasteiger partial charge in [0.1, 0.15) is 4.90 Å². The first kappa shape index (κ1) is 24.3. The van der Waals surface area contributed by atoms with Gasteiger partial charge in [-0.15, -0.1) is 0 Å². The zero-order chi connectivity index (χ0) is 24.2. The first-order valence-electron chi connectivity index (χ1n) is 10.1. The Morgan fingerprint density at radius 3 is 2.36 bits per heavy atom. The van der Waals surface area contributed by atoms with Crippen LogP contribution in [0.5, 0.6) is 0 Å². The summed E-state index contributed by atoms with van der Waals surface area (Å²) < 4.78 is 33.3. The van der Waals surface area contributed by atoms with Gasteiger partial charge in [-0.05, 0) is 68.8 Å². The van der Waals surface area contributed by atoms with E-state index in [-0.39, 0.29) is 22.1 Å². The number of anilines is 2. The van der Waals surface area contributed by atoms with Crippen LogP contribution in [0.2, 0.25) is 5.02 Å². The lowest BCUT2D eigenvalue weighted by Gasteiger charge is -2.13. The van der Waals surface area contributed by atoms with Crippen molar-refractivity contribution in [3.63, 3.8) is 0 Å². The molecule has 0 aliphatic rings. The molecule has 0 atom stereocenters. The molecule has 0 saturated heterocycles. The van der Waals surface area contributed by atoms with Crippen molar-refractivity contribution < 1.29 is 22.7 Å². The van der Waals surface area contributed by atoms with Gasteiger partial charge in [0.05, 0.1) is 17.2 Å². The molecule has 0 unspecified atom stereocenters. The molecule has 9 heteroatoms. The molecular weight excluding hydrogens is 464 g/mol. The van der Waals surface area contributed by atoms with Crippen LogP contribution in [0.25, 0.3) is 0 Å². The van der Waals surface area contributed by atoms with Crippen molar-refractivity contribution in [2.45, 2.75) is 25.7 Å². The molecule has 0 aromatic heterocycles. The van der Waals surface area contributed by atoms with Crippen molar-refractivity contribution in [1.29, 1.82) is 0 Å². The predicted molar refractivity (Wildman–Crippen MR) is 129 cm³/mol. The van der Waals surface area contributed by atoms with Crippen LogP contribution in [0.4, 0.5) is 11.4 Å². The maximum absolute atomic E-state index is 12.9. The summed E-state index contributed by atoms with van der Waals surface area (Å²) in [5.41, 5.74) is 2.71. The average Bonchev–Trinajstić information content (AvgIpc) is 2.77. The topological polar surface area (TPSA) is 102 Å². The van der Waals surface area contributed by atoms with Crippen molar-refractivity contribution >= 4 is 44.9 Å². The number of benzene rings is 3. The highest BCUT2D eigenvalue weighted by Gasteiger charge is 2.21. The van der Waals surface area contributed by atoms with Crippen LogP contribution in [0, 0.1) is 13.8 Å². The summed E-state index contributed by atoms with van der Waals surface area (Å²) in [6.45, 7) is 5.51. The molecule has 0 saturated carbocycles. The molecule has 3 aromatic carbocycles. The number of rotatable bonds is 7. The molecule has 0 spiro atoms. The summed E-state index contributed by atoms with van der Waals surface area (Å²) in [5.74, 6) is -1.05. The third-order valence-electron chi connectivity index (χ3n) is 4.86. The lowest BCUT2D eigenvalue weighted by molar-refractivity contribution is 0.0525. The van der Waals surface area contributed by atoms with E-state index in [0.29, 0.717) is 22.5 Å². The van der Waals surface area contributed by atoms with Gasteiger partial charge in [-0.3, -0.25) is 9.52 Å². The minimum atomic E-state index is -4.04. The molecule has 0 bridgehead atoms. The molecule has 0 aliphatic heterocycles. The highest BCUT2D eigenvalue weighted by molar-refractivity contribution is 7.92. The summed E-state index contributed by atoms with van der Waals surface area (Å²) in [4.78, 5) is 24.8. The van der Waals surface area contributed by atoms with E-state index < -0.39 is 21.9 Å². The summed E-state index contributed by atoms with van der Waals surface area (Å²) in [6.07, 6.45) is 0. The molecule has 0 aliphatic carbocycles. The Hall–Kier alpha value is -3.36. The van der Waals surface area contributed by atoms with Gasteiger partial charge in [-0.1, -0.05) is 35.4 Å². The molecule has 0 fully saturated rings. The molecule has 7 nitrogen and oxygen atoms in total. The van der Waals surface area contributed by atoms with Gasteiger partial charge in [-0.25, -0.2) is 13.2 Å². The van der Waals surface area contributed by atoms with E-state index in [0.717, 1.165) is 5.56 Å². The fourth-order valence-corrected chi connectivity index (χ4v) is 4.66. The Bertz CT molecular complexity index is 1300. The average molecular weight is 487 g/mol. The smallest absolute Gasteiger partial charge is 0.338 e. The summed E-state index contributed by atoms with van der Waals surface area (Å²) in [7, 11) is -4.04. The number of hydrogen-bond donors (Lipinski definition) is 2. The van der Waals surface area contributed by atoms with Crippen LogP contribution < -0.4 is 10.0 Å². The third kappa shape index (κ3) is 5.71. The Balaban J connectivity index is 1.87. The maximum atomic E-state index is 12.9. The number of halogens is 1. The minimum absolute atomic E-state index is 0.0216. The number of ether oxygens (including phenoxy) is 1. The molecule has 33 heavy (non-hydrogen) atoms. The second-order valence-electron chi connectivity index (χ2n) is 7.27. The number of aryl methyl sites for hydroxylation is 1. The SMILES string of the molecule is CCOC(=O)c1cccc(NC(=O)c2ccc(Cl)c(S(=O)(=O)Nc3ccc(C)cc3)c2)c1C. The molecule has 3 rings (SSSR count). The molecule has 1 amide bonds. The fourth-order valence-electron chi connectivity index (χ4n) is 3.08. The number of hydrogen-bond acceptors (Lipinski definition) is 5. The van der Waals surface area contributed by atoms with E-state index in [2.05, 4.69) is 10.0 Å². The van der Waals surface area contributed by atoms with Gasteiger partial charge >= 0.3 is 5.97 Å². The van der Waals surface area contributed by atoms with E-state index in [9.17, 15) is 18.0 Å². The van der Waals surface area contributed by atoms with Crippen LogP contribution in [0.1, 0.15) is 38.8 Å². The van der Waals surface area contributed by atoms with Gasteiger partial charge in [0.25, 0.3) is 15.9 Å². The molecule has 0 heterocycles. The number of carbonyl (C=O) groups is 2. The second-order valence-corrected chi connectivity index (χ2v) is 9.33. The number of esters is 1. The highest BCUT2D eigenvalue weighted by atomic mass is 35.5. The number of nitrogens with one attached hydrogen (secondary N) is 2. The second kappa shape index (κ2) is 10.1. The first-order valence-corrected chi connectivity index (χ1v) is 12.0. The quantitative estimate of drug-likeness (QED) is 0.448. The summed E-state index contributed by atoms with van der Waals surface area (Å²) >= 11 is 6.15. The molecule has 172 valence electrons. The lowest BCUT2D eigenvalue weighted by atomic mass is 10.1. The monoisotopic (exact) mass is 486 g/mol. The Morgan fingerprint density at radius 2 is 1.70 bits per heavy atom. The van der Waals surface area contributed by atoms with Crippen molar-refractivity contribution in [2.75, 3.05) is 16.6 Å². The van der Waals surface area contributed by atoms with E-state index >= 15 is 0 Å². The Labute approximate surface area is 197 Å². The molecule has 0 radical (unpaired) electrons. The van der Waals surface area contributed by atoms with Crippen LogP contribution in [0.3, 0.4) is 0 Å². The van der Waals surface area contributed by atoms with Gasteiger partial charge in [0.15, 0.2) is 0 Å². The zero-order valence-electron chi connectivity index (χ0n) is 18.3. The van der Waals surface area contributed by atoms with E-state index in [1.54, 1.807) is 56.3 Å². The van der Waals surface area contributed by atoms with E-state index in [1.165, 1.54) is 18.2 Å². The van der Waals surface area contributed by atoms with Crippen molar-refractivity contribution in [2.24, 2.45) is 0 Å². The Kier molecular flexibility index (Phi) is 7.40. The summed E-state index contributed by atoms with van der Waals surface area (Å²) in [6, 6.07) is 15.7. The van der Waals surface area contributed by atoms with Crippen molar-refractivity contribution in [3.8, 4) is 0 Å². The van der Waals surface area contributed by atoms with Gasteiger partial charge < -0.3 is 10.1 Å². The highest BCUT2D eigenvalue weighted by Crippen LogP contribution is 2.26. The van der Waals surface area contributed by atoms with Crippen molar-refractivity contribution in [3.05, 3.63) is 87.9 Å². The van der Waals surface area contributed by atoms with Gasteiger partial charge in [0, 0.05) is 16.9 Å². The maximum Gasteiger partial charge on any atom is 0.338 e. The van der Waals surface area contributed by atoms with Crippen molar-refractivity contribution in [1.82, 2.24) is 0 Å². The minimum Gasteiger partial charge on any atom is -0.462 e. The Morgan fingerprint density at radius 1 is 1.00 bits per heavy atom. The zero-order valence-corrected chi connectivity index (χ0v) is 19.9. The normalized spacial score (nSPS) is 11.0. The molecule has 2 N–H and O–H groups in total. The molecule has 3 aromatic rings. The lowest BCUT2D eigenvalue weighted by Crippen LogP contribution is -2.17. The van der Waals surface area contributed by atoms with Crippen LogP contribution in [-0.2, 0) is 14.8 Å². The largest absolute Gasteiger partial charge is 0.462 e. The predicted octanol–water partition coefficient (Wildman–Crippen LogP) is 5.19. The number of carbonyl (C=O) groups excluding carboxylic acids is 2.